The van der Waals surface area contributed by atoms with E-state index in [1.807, 2.05) is 0 Å². The summed E-state index contributed by atoms with van der Waals surface area (Å²) < 4.78 is 68.6. The number of rotatable bonds is 77. The highest BCUT2D eigenvalue weighted by molar-refractivity contribution is 7.47. The van der Waals surface area contributed by atoms with Gasteiger partial charge in [0.1, 0.15) is 19.3 Å². The van der Waals surface area contributed by atoms with Crippen LogP contribution in [0.15, 0.2) is 0 Å². The largest absolute Gasteiger partial charge is 0.472 e. The molecule has 3 unspecified atom stereocenters. The molecule has 0 aliphatic rings. The van der Waals surface area contributed by atoms with Crippen molar-refractivity contribution in [1.82, 2.24) is 0 Å². The highest BCUT2D eigenvalue weighted by Crippen LogP contribution is 2.45. The van der Waals surface area contributed by atoms with Crippen molar-refractivity contribution >= 4 is 39.5 Å². The first-order valence-electron chi connectivity index (χ1n) is 40.9. The van der Waals surface area contributed by atoms with Crippen LogP contribution < -0.4 is 0 Å². The Morgan fingerprint density at radius 1 is 0.296 bits per heavy atom. The van der Waals surface area contributed by atoms with Crippen LogP contribution in [0, 0.1) is 17.8 Å². The third kappa shape index (κ3) is 71.1. The fraction of sp³-hybridized carbons (Fsp3) is 0.949. The summed E-state index contributed by atoms with van der Waals surface area (Å²) in [6, 6.07) is 0. The smallest absolute Gasteiger partial charge is 0.462 e. The summed E-state index contributed by atoms with van der Waals surface area (Å²) in [7, 11) is -9.92. The maximum atomic E-state index is 13.1. The zero-order valence-electron chi connectivity index (χ0n) is 64.3. The van der Waals surface area contributed by atoms with Gasteiger partial charge in [-0.2, -0.15) is 0 Å². The quantitative estimate of drug-likeness (QED) is 0.0222. The number of ether oxygens (including phenoxy) is 4. The van der Waals surface area contributed by atoms with Crippen LogP contribution in [0.25, 0.3) is 0 Å². The topological polar surface area (TPSA) is 237 Å². The van der Waals surface area contributed by atoms with Gasteiger partial charge in [0.25, 0.3) is 0 Å². The van der Waals surface area contributed by atoms with Crippen molar-refractivity contribution in [2.45, 2.75) is 426 Å². The van der Waals surface area contributed by atoms with Crippen LogP contribution >= 0.6 is 15.6 Å². The van der Waals surface area contributed by atoms with Crippen LogP contribution in [-0.2, 0) is 65.4 Å². The summed E-state index contributed by atoms with van der Waals surface area (Å²) in [6.45, 7) is 11.9. The summed E-state index contributed by atoms with van der Waals surface area (Å²) in [5.74, 6) is 0.172. The molecule has 0 saturated carbocycles. The van der Waals surface area contributed by atoms with E-state index >= 15 is 0 Å². The van der Waals surface area contributed by atoms with E-state index in [0.717, 1.165) is 114 Å². The molecule has 0 aromatic carbocycles. The van der Waals surface area contributed by atoms with Gasteiger partial charge in [0.2, 0.25) is 0 Å². The summed E-state index contributed by atoms with van der Waals surface area (Å²) in [5.41, 5.74) is 0. The summed E-state index contributed by atoms with van der Waals surface area (Å²) >= 11 is 0. The van der Waals surface area contributed by atoms with Gasteiger partial charge in [0.05, 0.1) is 26.4 Å². The predicted molar refractivity (Wildman–Crippen MR) is 400 cm³/mol. The summed E-state index contributed by atoms with van der Waals surface area (Å²) in [4.78, 5) is 72.9. The van der Waals surface area contributed by atoms with Gasteiger partial charge in [-0.15, -0.1) is 0 Å². The molecule has 0 bridgehead atoms. The van der Waals surface area contributed by atoms with Crippen molar-refractivity contribution in [3.63, 3.8) is 0 Å². The van der Waals surface area contributed by atoms with Crippen molar-refractivity contribution < 1.29 is 80.2 Å². The highest BCUT2D eigenvalue weighted by atomic mass is 31.2. The zero-order valence-corrected chi connectivity index (χ0v) is 66.0. The van der Waals surface area contributed by atoms with Gasteiger partial charge in [0.15, 0.2) is 12.2 Å². The molecule has 0 fully saturated rings. The molecular weight excluding hydrogens is 1280 g/mol. The SMILES string of the molecule is CCCCCCCCCCCCCCCCCC(=O)OC[C@H](COP(=O)(O)OC[C@@H](O)COP(=O)(O)OC[C@@H](COC(=O)CCCCCCCCC(C)CC)OC(=O)CCCCCCCCCCCC(C)C)OC(=O)CCCCCCCCCCCCCCCCCCCCC(C)C. The van der Waals surface area contributed by atoms with E-state index in [2.05, 4.69) is 48.5 Å². The molecule has 0 rings (SSSR count). The molecular formula is C79H154O17P2. The number of phosphoric acid groups is 2. The number of aliphatic hydroxyl groups excluding tert-OH is 1. The third-order valence-corrected chi connectivity index (χ3v) is 20.6. The molecule has 0 saturated heterocycles. The van der Waals surface area contributed by atoms with Crippen molar-refractivity contribution in [1.29, 1.82) is 0 Å². The van der Waals surface area contributed by atoms with Crippen molar-refractivity contribution in [3.05, 3.63) is 0 Å². The van der Waals surface area contributed by atoms with Gasteiger partial charge in [-0.3, -0.25) is 37.3 Å². The third-order valence-electron chi connectivity index (χ3n) is 18.7. The van der Waals surface area contributed by atoms with Gasteiger partial charge in [-0.1, -0.05) is 357 Å². The Hall–Kier alpha value is -1.94. The second-order valence-corrected chi connectivity index (χ2v) is 32.6. The lowest BCUT2D eigenvalue weighted by Crippen LogP contribution is -2.30. The summed E-state index contributed by atoms with van der Waals surface area (Å²) in [6.07, 6.45) is 57.0. The number of carbonyl (C=O) groups excluding carboxylic acids is 4. The molecule has 17 nitrogen and oxygen atoms in total. The first kappa shape index (κ1) is 96.1. The number of phosphoric ester groups is 2. The molecule has 98 heavy (non-hydrogen) atoms. The lowest BCUT2D eigenvalue weighted by Gasteiger charge is -2.21. The molecule has 0 aliphatic heterocycles. The van der Waals surface area contributed by atoms with Crippen molar-refractivity contribution in [2.24, 2.45) is 17.8 Å². The number of unbranched alkanes of at least 4 members (excludes halogenated alkanes) is 44. The first-order valence-corrected chi connectivity index (χ1v) is 43.9. The Balaban J connectivity index is 5.22. The minimum atomic E-state index is -4.96. The molecule has 0 aromatic rings. The van der Waals surface area contributed by atoms with E-state index in [1.165, 1.54) is 212 Å². The molecule has 0 spiro atoms. The van der Waals surface area contributed by atoms with E-state index in [1.54, 1.807) is 0 Å². The molecule has 0 amide bonds. The molecule has 0 aromatic heterocycles. The van der Waals surface area contributed by atoms with Crippen LogP contribution in [0.4, 0.5) is 0 Å². The average molecular weight is 1440 g/mol. The second-order valence-electron chi connectivity index (χ2n) is 29.6. The highest BCUT2D eigenvalue weighted by Gasteiger charge is 2.30. The average Bonchev–Trinajstić information content (AvgIpc) is 1.39. The first-order chi connectivity index (χ1) is 47.3. The number of carbonyl (C=O) groups is 4. The van der Waals surface area contributed by atoms with Crippen LogP contribution in [0.2, 0.25) is 0 Å². The van der Waals surface area contributed by atoms with Gasteiger partial charge in [-0.25, -0.2) is 9.13 Å². The van der Waals surface area contributed by atoms with Gasteiger partial charge in [-0.05, 0) is 43.4 Å². The van der Waals surface area contributed by atoms with Gasteiger partial charge >= 0.3 is 39.5 Å². The molecule has 0 radical (unpaired) electrons. The van der Waals surface area contributed by atoms with Crippen LogP contribution in [-0.4, -0.2) is 96.7 Å². The Morgan fingerprint density at radius 2 is 0.520 bits per heavy atom. The standard InChI is InChI=1S/C79H154O17P2/c1-8-10-11-12-13-14-15-16-21-25-28-33-38-46-53-60-76(81)89-66-74(95-78(83)62-55-48-39-34-29-26-23-20-18-17-19-22-24-27-31-36-43-50-57-70(3)4)68-93-97(85,86)91-64-73(80)65-92-98(87,88)94-69-75(67-90-77(82)61-54-47-42-41-45-52-59-72(7)9-2)96-79(84)63-56-49-40-35-30-32-37-44-51-58-71(5)6/h70-75,80H,8-69H2,1-7H3,(H,85,86)(H,87,88)/t72?,73-,74-,75-/m1/s1. The van der Waals surface area contributed by atoms with Crippen LogP contribution in [0.5, 0.6) is 0 Å². The predicted octanol–water partition coefficient (Wildman–Crippen LogP) is 23.4. The fourth-order valence-corrected chi connectivity index (χ4v) is 13.7. The lowest BCUT2D eigenvalue weighted by atomic mass is 10.00. The minimum absolute atomic E-state index is 0.104. The second kappa shape index (κ2) is 69.4. The minimum Gasteiger partial charge on any atom is -0.462 e. The monoisotopic (exact) mass is 1440 g/mol. The Kier molecular flexibility index (Phi) is 68.1. The number of hydrogen-bond donors (Lipinski definition) is 3. The maximum absolute atomic E-state index is 13.1. The fourth-order valence-electron chi connectivity index (χ4n) is 12.1. The summed E-state index contributed by atoms with van der Waals surface area (Å²) in [5, 5.41) is 10.6. The molecule has 3 N–H and O–H groups in total. The Morgan fingerprint density at radius 3 is 0.776 bits per heavy atom. The van der Waals surface area contributed by atoms with Gasteiger partial charge < -0.3 is 33.8 Å². The maximum Gasteiger partial charge on any atom is 0.472 e. The van der Waals surface area contributed by atoms with Gasteiger partial charge in [0, 0.05) is 25.7 Å². The van der Waals surface area contributed by atoms with E-state index in [-0.39, 0.29) is 25.7 Å². The lowest BCUT2D eigenvalue weighted by molar-refractivity contribution is -0.161. The molecule has 19 heteroatoms. The molecule has 6 atom stereocenters. The number of hydrogen-bond acceptors (Lipinski definition) is 15. The molecule has 582 valence electrons. The normalized spacial score (nSPS) is 14.3. The van der Waals surface area contributed by atoms with Crippen LogP contribution in [0.3, 0.4) is 0 Å². The Labute approximate surface area is 600 Å². The number of aliphatic hydroxyl groups is 1. The van der Waals surface area contributed by atoms with Crippen molar-refractivity contribution in [2.75, 3.05) is 39.6 Å². The van der Waals surface area contributed by atoms with Crippen LogP contribution in [0.1, 0.15) is 408 Å². The van der Waals surface area contributed by atoms with E-state index in [4.69, 9.17) is 37.0 Å². The van der Waals surface area contributed by atoms with E-state index in [0.29, 0.717) is 25.7 Å². The van der Waals surface area contributed by atoms with E-state index in [9.17, 15) is 43.2 Å². The Bertz CT molecular complexity index is 1910. The molecule has 0 heterocycles. The van der Waals surface area contributed by atoms with Crippen molar-refractivity contribution in [3.8, 4) is 0 Å². The number of esters is 4. The van der Waals surface area contributed by atoms with E-state index < -0.39 is 97.5 Å². The molecule has 0 aliphatic carbocycles. The zero-order chi connectivity index (χ0) is 72.3.